The first kappa shape index (κ1) is 25.1. The lowest BCUT2D eigenvalue weighted by molar-refractivity contribution is 0.177. The molecule has 0 heterocycles. The van der Waals surface area contributed by atoms with E-state index in [4.69, 9.17) is 4.74 Å². The van der Waals surface area contributed by atoms with Crippen molar-refractivity contribution >= 4 is 0 Å². The van der Waals surface area contributed by atoms with Crippen molar-refractivity contribution in [2.75, 3.05) is 6.61 Å². The Balaban J connectivity index is 1.37. The van der Waals surface area contributed by atoms with E-state index >= 15 is 0 Å². The molecule has 32 heavy (non-hydrogen) atoms. The number of ether oxygens (including phenoxy) is 1. The number of hydrogen-bond donors (Lipinski definition) is 0. The van der Waals surface area contributed by atoms with Crippen LogP contribution in [0.25, 0.3) is 0 Å². The second-order valence-corrected chi connectivity index (χ2v) is 10.8. The van der Waals surface area contributed by atoms with Crippen LogP contribution in [0.5, 0.6) is 5.75 Å². The van der Waals surface area contributed by atoms with Crippen molar-refractivity contribution in [3.8, 4) is 11.8 Å². The van der Waals surface area contributed by atoms with Gasteiger partial charge in [-0.15, -0.1) is 0 Å². The summed E-state index contributed by atoms with van der Waals surface area (Å²) in [6.07, 6.45) is 19.7. The summed E-state index contributed by atoms with van der Waals surface area (Å²) < 4.78 is 6.15. The summed E-state index contributed by atoms with van der Waals surface area (Å²) in [7, 11) is 0. The zero-order valence-corrected chi connectivity index (χ0v) is 20.9. The molecule has 0 N–H and O–H groups in total. The van der Waals surface area contributed by atoms with Crippen LogP contribution in [-0.2, 0) is 6.42 Å². The lowest BCUT2D eigenvalue weighted by Gasteiger charge is -2.31. The molecule has 0 radical (unpaired) electrons. The summed E-state index contributed by atoms with van der Waals surface area (Å²) >= 11 is 0. The van der Waals surface area contributed by atoms with Crippen LogP contribution in [0.1, 0.15) is 109 Å². The van der Waals surface area contributed by atoms with Gasteiger partial charge in [0.1, 0.15) is 5.75 Å². The lowest BCUT2D eigenvalue weighted by Crippen LogP contribution is -2.22. The van der Waals surface area contributed by atoms with Gasteiger partial charge in [-0.1, -0.05) is 90.2 Å². The topological polar surface area (TPSA) is 33.0 Å². The first-order valence-electron chi connectivity index (χ1n) is 13.8. The third-order valence-corrected chi connectivity index (χ3v) is 8.37. The highest BCUT2D eigenvalue weighted by molar-refractivity contribution is 5.28. The van der Waals surface area contributed by atoms with Gasteiger partial charge < -0.3 is 4.74 Å². The highest BCUT2D eigenvalue weighted by atomic mass is 16.5. The van der Waals surface area contributed by atoms with Crippen LogP contribution in [-0.4, -0.2) is 6.61 Å². The molecule has 2 saturated carbocycles. The van der Waals surface area contributed by atoms with Gasteiger partial charge in [0.15, 0.2) is 0 Å². The normalized spacial score (nSPS) is 26.9. The summed E-state index contributed by atoms with van der Waals surface area (Å²) in [4.78, 5) is 0. The molecule has 0 amide bonds. The molecule has 0 spiro atoms. The molecule has 0 bridgehead atoms. The van der Waals surface area contributed by atoms with Crippen LogP contribution in [0.4, 0.5) is 0 Å². The molecular formula is C30H47NO. The van der Waals surface area contributed by atoms with Crippen LogP contribution in [0, 0.1) is 40.9 Å². The van der Waals surface area contributed by atoms with Crippen molar-refractivity contribution in [1.29, 1.82) is 5.26 Å². The standard InChI is InChI=1S/C30H47NO/c1-3-5-6-8-25-9-11-27(12-10-25)23-32-30-19-15-26(16-20-30)21-29(22-31)28-17-13-24(7-4-2)14-18-28/h15-16,19-20,24-25,27-29H,3-14,17-18,21,23H2,1-2H3. The number of rotatable bonds is 12. The highest BCUT2D eigenvalue weighted by Gasteiger charge is 2.27. The van der Waals surface area contributed by atoms with Gasteiger partial charge in [-0.2, -0.15) is 5.26 Å². The van der Waals surface area contributed by atoms with Crippen LogP contribution in [0.15, 0.2) is 24.3 Å². The molecule has 2 nitrogen and oxygen atoms in total. The first-order chi connectivity index (χ1) is 15.7. The van der Waals surface area contributed by atoms with Crippen molar-refractivity contribution in [3.63, 3.8) is 0 Å². The Bertz CT molecular complexity index is 659. The molecule has 3 rings (SSSR count). The smallest absolute Gasteiger partial charge is 0.119 e. The van der Waals surface area contributed by atoms with E-state index in [-0.39, 0.29) is 5.92 Å². The van der Waals surface area contributed by atoms with E-state index < -0.39 is 0 Å². The van der Waals surface area contributed by atoms with Gasteiger partial charge >= 0.3 is 0 Å². The predicted molar refractivity (Wildman–Crippen MR) is 135 cm³/mol. The second-order valence-electron chi connectivity index (χ2n) is 10.8. The molecule has 178 valence electrons. The Hall–Kier alpha value is -1.49. The predicted octanol–water partition coefficient (Wildman–Crippen LogP) is 8.74. The van der Waals surface area contributed by atoms with E-state index in [1.54, 1.807) is 0 Å². The quantitative estimate of drug-likeness (QED) is 0.306. The van der Waals surface area contributed by atoms with Gasteiger partial charge in [0.2, 0.25) is 0 Å². The molecule has 2 aliphatic carbocycles. The molecule has 1 unspecified atom stereocenters. The highest BCUT2D eigenvalue weighted by Crippen LogP contribution is 2.37. The summed E-state index contributed by atoms with van der Waals surface area (Å²) in [5.74, 6) is 4.34. The maximum atomic E-state index is 9.80. The molecule has 2 fully saturated rings. The Morgan fingerprint density at radius 3 is 2.06 bits per heavy atom. The van der Waals surface area contributed by atoms with E-state index in [0.717, 1.165) is 36.5 Å². The fraction of sp³-hybridized carbons (Fsp3) is 0.767. The first-order valence-corrected chi connectivity index (χ1v) is 13.8. The van der Waals surface area contributed by atoms with Crippen molar-refractivity contribution in [3.05, 3.63) is 29.8 Å². The largest absolute Gasteiger partial charge is 0.493 e. The van der Waals surface area contributed by atoms with E-state index in [0.29, 0.717) is 5.92 Å². The molecule has 2 aliphatic rings. The van der Waals surface area contributed by atoms with Gasteiger partial charge in [-0.3, -0.25) is 0 Å². The maximum Gasteiger partial charge on any atom is 0.119 e. The summed E-state index contributed by atoms with van der Waals surface area (Å²) in [5.41, 5.74) is 1.28. The van der Waals surface area contributed by atoms with Crippen LogP contribution in [0.3, 0.4) is 0 Å². The number of unbranched alkanes of at least 4 members (excludes halogenated alkanes) is 2. The average molecular weight is 438 g/mol. The van der Waals surface area contributed by atoms with Crippen molar-refractivity contribution in [1.82, 2.24) is 0 Å². The van der Waals surface area contributed by atoms with Gasteiger partial charge in [-0.25, -0.2) is 0 Å². The lowest BCUT2D eigenvalue weighted by atomic mass is 9.73. The van der Waals surface area contributed by atoms with Gasteiger partial charge in [0.25, 0.3) is 0 Å². The minimum absolute atomic E-state index is 0.164. The average Bonchev–Trinajstić information content (AvgIpc) is 2.84. The molecule has 0 aliphatic heterocycles. The zero-order valence-electron chi connectivity index (χ0n) is 20.9. The Kier molecular flexibility index (Phi) is 10.9. The molecule has 0 saturated heterocycles. The van der Waals surface area contributed by atoms with Crippen LogP contribution >= 0.6 is 0 Å². The number of nitrogens with zero attached hydrogens (tertiary/aromatic N) is 1. The molecular weight excluding hydrogens is 390 g/mol. The minimum Gasteiger partial charge on any atom is -0.493 e. The van der Waals surface area contributed by atoms with E-state index in [1.807, 2.05) is 0 Å². The fourth-order valence-corrected chi connectivity index (χ4v) is 6.16. The molecule has 0 aromatic heterocycles. The van der Waals surface area contributed by atoms with Gasteiger partial charge in [0.05, 0.1) is 18.6 Å². The summed E-state index contributed by atoms with van der Waals surface area (Å²) in [6.45, 7) is 5.45. The third-order valence-electron chi connectivity index (χ3n) is 8.37. The van der Waals surface area contributed by atoms with Crippen molar-refractivity contribution < 1.29 is 4.74 Å². The SMILES string of the molecule is CCCCCC1CCC(COc2ccc(CC(C#N)C3CCC(CCC)CC3)cc2)CC1. The summed E-state index contributed by atoms with van der Waals surface area (Å²) in [6, 6.07) is 11.3. The molecule has 1 aromatic rings. The maximum absolute atomic E-state index is 9.80. The number of benzene rings is 1. The van der Waals surface area contributed by atoms with E-state index in [9.17, 15) is 5.26 Å². The van der Waals surface area contributed by atoms with Crippen LogP contribution in [0.2, 0.25) is 0 Å². The Labute approximate surface area is 198 Å². The zero-order chi connectivity index (χ0) is 22.6. The van der Waals surface area contributed by atoms with Crippen LogP contribution < -0.4 is 4.74 Å². The van der Waals surface area contributed by atoms with Crippen molar-refractivity contribution in [2.45, 2.75) is 110 Å². The third kappa shape index (κ3) is 8.13. The Morgan fingerprint density at radius 1 is 0.812 bits per heavy atom. The van der Waals surface area contributed by atoms with Crippen molar-refractivity contribution in [2.24, 2.45) is 29.6 Å². The minimum atomic E-state index is 0.164. The van der Waals surface area contributed by atoms with Gasteiger partial charge in [-0.05, 0) is 73.5 Å². The fourth-order valence-electron chi connectivity index (χ4n) is 6.16. The Morgan fingerprint density at radius 2 is 1.44 bits per heavy atom. The molecule has 2 heteroatoms. The monoisotopic (exact) mass is 437 g/mol. The summed E-state index contributed by atoms with van der Waals surface area (Å²) in [5, 5.41) is 9.80. The second kappa shape index (κ2) is 13.9. The molecule has 1 aromatic carbocycles. The molecule has 1 atom stereocenters. The van der Waals surface area contributed by atoms with E-state index in [2.05, 4.69) is 44.2 Å². The number of nitriles is 1. The van der Waals surface area contributed by atoms with Gasteiger partial charge in [0, 0.05) is 0 Å². The van der Waals surface area contributed by atoms with E-state index in [1.165, 1.54) is 95.5 Å². The number of hydrogen-bond acceptors (Lipinski definition) is 2.